The number of methoxy groups -OCH3 is 1. The van der Waals surface area contributed by atoms with E-state index < -0.39 is 66.0 Å². The van der Waals surface area contributed by atoms with Crippen LogP contribution in [0.3, 0.4) is 0 Å². The Labute approximate surface area is 266 Å². The first-order valence-corrected chi connectivity index (χ1v) is 16.1. The molecule has 0 unspecified atom stereocenters. The Hall–Kier alpha value is -1.67. The maximum absolute atomic E-state index is 12.4. The van der Waals surface area contributed by atoms with Crippen LogP contribution in [0.1, 0.15) is 60.8 Å². The van der Waals surface area contributed by atoms with E-state index in [9.17, 15) is 30.3 Å². The molecule has 0 aromatic heterocycles. The molecule has 4 aliphatic rings. The zero-order chi connectivity index (χ0) is 33.4. The molecular formula is C34H54O11. The highest BCUT2D eigenvalue weighted by Gasteiger charge is 2.56. The molecule has 256 valence electrons. The molecule has 0 radical (unpaired) electrons. The quantitative estimate of drug-likeness (QED) is 0.166. The van der Waals surface area contributed by atoms with Crippen LogP contribution in [0.15, 0.2) is 35.5 Å². The molecule has 11 heteroatoms. The van der Waals surface area contributed by atoms with E-state index in [2.05, 4.69) is 12.7 Å². The van der Waals surface area contributed by atoms with Gasteiger partial charge in [-0.15, -0.1) is 6.58 Å². The Kier molecular flexibility index (Phi) is 11.4. The lowest BCUT2D eigenvalue weighted by atomic mass is 9.68. The number of aliphatic hydroxyl groups excluding tert-OH is 5. The first-order chi connectivity index (χ1) is 21.1. The van der Waals surface area contributed by atoms with Gasteiger partial charge in [-0.3, -0.25) is 4.79 Å². The topological polar surface area (TPSA) is 164 Å². The summed E-state index contributed by atoms with van der Waals surface area (Å²) in [6.45, 7) is 14.7. The number of carbonyl (C=O) groups is 1. The smallest absolute Gasteiger partial charge is 0.302 e. The lowest BCUT2D eigenvalue weighted by Crippen LogP contribution is -2.61. The lowest BCUT2D eigenvalue weighted by Gasteiger charge is -2.46. The number of ether oxygens (including phenoxy) is 5. The molecule has 3 aliphatic carbocycles. The van der Waals surface area contributed by atoms with Crippen molar-refractivity contribution in [1.29, 1.82) is 0 Å². The normalized spacial score (nSPS) is 42.2. The van der Waals surface area contributed by atoms with Crippen LogP contribution in [0.25, 0.3) is 0 Å². The SMILES string of the molecule is C=CC(C)(C)OC[C@@H]1O[C@H](O[C@H]2C3=C([C@H](C)CO)C[C@H](OC(C)=O)[C@]3(C)/C=C3/[C@H](COC)CC[C@H]3[C@@H](C)[C@H]2O)[C@@H](O)[C@H](O)[C@@H]1O. The second kappa shape index (κ2) is 14.2. The van der Waals surface area contributed by atoms with Crippen LogP contribution < -0.4 is 0 Å². The van der Waals surface area contributed by atoms with Gasteiger partial charge in [0, 0.05) is 44.3 Å². The predicted molar refractivity (Wildman–Crippen MR) is 165 cm³/mol. The summed E-state index contributed by atoms with van der Waals surface area (Å²) in [6, 6.07) is 0. The van der Waals surface area contributed by atoms with Gasteiger partial charge in [0.2, 0.25) is 0 Å². The van der Waals surface area contributed by atoms with Crippen molar-refractivity contribution >= 4 is 5.97 Å². The second-order valence-electron chi connectivity index (χ2n) is 14.1. The highest BCUT2D eigenvalue weighted by Crippen LogP contribution is 2.56. The van der Waals surface area contributed by atoms with Crippen molar-refractivity contribution in [3.8, 4) is 0 Å². The molecule has 2 fully saturated rings. The third kappa shape index (κ3) is 7.12. The predicted octanol–water partition coefficient (Wildman–Crippen LogP) is 2.04. The number of rotatable bonds is 11. The highest BCUT2D eigenvalue weighted by molar-refractivity contribution is 5.66. The first kappa shape index (κ1) is 36.2. The van der Waals surface area contributed by atoms with Crippen LogP contribution in [0, 0.1) is 29.1 Å². The molecule has 13 atom stereocenters. The van der Waals surface area contributed by atoms with Gasteiger partial charge in [0.15, 0.2) is 6.29 Å². The van der Waals surface area contributed by atoms with Gasteiger partial charge >= 0.3 is 5.97 Å². The van der Waals surface area contributed by atoms with E-state index in [1.807, 2.05) is 20.8 Å². The minimum atomic E-state index is -1.64. The van der Waals surface area contributed by atoms with Gasteiger partial charge in [-0.05, 0) is 51.0 Å². The molecule has 5 N–H and O–H groups in total. The second-order valence-corrected chi connectivity index (χ2v) is 14.1. The molecule has 0 aromatic carbocycles. The summed E-state index contributed by atoms with van der Waals surface area (Å²) in [7, 11) is 1.67. The molecule has 0 aromatic rings. The molecule has 1 saturated heterocycles. The molecule has 0 bridgehead atoms. The van der Waals surface area contributed by atoms with Gasteiger partial charge in [0.1, 0.15) is 36.6 Å². The summed E-state index contributed by atoms with van der Waals surface area (Å²) in [5.41, 5.74) is 0.911. The Morgan fingerprint density at radius 3 is 2.44 bits per heavy atom. The third-order valence-electron chi connectivity index (χ3n) is 10.6. The number of carbonyl (C=O) groups excluding carboxylic acids is 1. The molecule has 0 amide bonds. The molecule has 1 heterocycles. The fraction of sp³-hybridized carbons (Fsp3) is 0.794. The fourth-order valence-corrected chi connectivity index (χ4v) is 7.68. The maximum Gasteiger partial charge on any atom is 0.302 e. The van der Waals surface area contributed by atoms with Crippen LogP contribution in [0.5, 0.6) is 0 Å². The average Bonchev–Trinajstić information content (AvgIpc) is 3.50. The fourth-order valence-electron chi connectivity index (χ4n) is 7.68. The zero-order valence-electron chi connectivity index (χ0n) is 27.7. The summed E-state index contributed by atoms with van der Waals surface area (Å²) < 4.78 is 30.0. The van der Waals surface area contributed by atoms with E-state index in [0.29, 0.717) is 18.6 Å². The maximum atomic E-state index is 12.4. The van der Waals surface area contributed by atoms with E-state index in [1.54, 1.807) is 27.0 Å². The molecular weight excluding hydrogens is 584 g/mol. The van der Waals surface area contributed by atoms with Crippen molar-refractivity contribution in [3.05, 3.63) is 35.5 Å². The number of hydrogen-bond acceptors (Lipinski definition) is 11. The minimum Gasteiger partial charge on any atom is -0.461 e. The van der Waals surface area contributed by atoms with Crippen LogP contribution >= 0.6 is 0 Å². The Morgan fingerprint density at radius 1 is 1.16 bits per heavy atom. The molecule has 1 aliphatic heterocycles. The first-order valence-electron chi connectivity index (χ1n) is 16.1. The van der Waals surface area contributed by atoms with Crippen molar-refractivity contribution in [2.75, 3.05) is 26.9 Å². The zero-order valence-corrected chi connectivity index (χ0v) is 27.7. The third-order valence-corrected chi connectivity index (χ3v) is 10.6. The van der Waals surface area contributed by atoms with E-state index >= 15 is 0 Å². The van der Waals surface area contributed by atoms with Crippen LogP contribution in [-0.2, 0) is 28.5 Å². The number of esters is 1. The standard InChI is InChI=1S/C34H54O11/c1-9-33(5,6)42-16-24-28(38)29(39)30(40)32(44-24)45-31-26-22(17(2)14-35)12-25(43-19(4)36)34(26,7)13-23-20(15-41-8)10-11-21(23)18(3)27(31)37/h9,13,17-18,20-21,24-25,27-32,35,37-40H,1,10-12,14-16H2,2-8H3/b23-13-/t17-,18-,20+,21+,24+,25+,27-,28-,29-,30+,31+,32-,34+/m1/s1. The Balaban J connectivity index is 1.82. The monoisotopic (exact) mass is 638 g/mol. The van der Waals surface area contributed by atoms with Gasteiger partial charge < -0.3 is 49.2 Å². The average molecular weight is 639 g/mol. The molecule has 4 rings (SSSR count). The molecule has 0 spiro atoms. The van der Waals surface area contributed by atoms with Gasteiger partial charge in [-0.1, -0.05) is 37.1 Å². The number of fused-ring (bicyclic) bond motifs is 2. The van der Waals surface area contributed by atoms with E-state index in [4.69, 9.17) is 23.7 Å². The Bertz CT molecular complexity index is 1130. The van der Waals surface area contributed by atoms with Crippen LogP contribution in [-0.4, -0.2) is 113 Å². The summed E-state index contributed by atoms with van der Waals surface area (Å²) in [5.74, 6) is -0.970. The van der Waals surface area contributed by atoms with E-state index in [-0.39, 0.29) is 36.9 Å². The van der Waals surface area contributed by atoms with Gasteiger partial charge in [-0.2, -0.15) is 0 Å². The van der Waals surface area contributed by atoms with Crippen molar-refractivity contribution in [2.45, 2.75) is 115 Å². The summed E-state index contributed by atoms with van der Waals surface area (Å²) in [6.07, 6.45) is -4.23. The van der Waals surface area contributed by atoms with Gasteiger partial charge in [0.25, 0.3) is 0 Å². The lowest BCUT2D eigenvalue weighted by molar-refractivity contribution is -0.319. The summed E-state index contributed by atoms with van der Waals surface area (Å²) >= 11 is 0. The number of aliphatic hydroxyl groups is 5. The molecule has 1 saturated carbocycles. The minimum absolute atomic E-state index is 0.00573. The molecule has 45 heavy (non-hydrogen) atoms. The van der Waals surface area contributed by atoms with Crippen molar-refractivity contribution < 1.29 is 54.0 Å². The van der Waals surface area contributed by atoms with Crippen molar-refractivity contribution in [2.24, 2.45) is 29.1 Å². The molecule has 11 nitrogen and oxygen atoms in total. The van der Waals surface area contributed by atoms with E-state index in [0.717, 1.165) is 24.0 Å². The highest BCUT2D eigenvalue weighted by atomic mass is 16.7. The van der Waals surface area contributed by atoms with Crippen molar-refractivity contribution in [3.63, 3.8) is 0 Å². The summed E-state index contributed by atoms with van der Waals surface area (Å²) in [4.78, 5) is 12.4. The van der Waals surface area contributed by atoms with Crippen LogP contribution in [0.2, 0.25) is 0 Å². The van der Waals surface area contributed by atoms with E-state index in [1.165, 1.54) is 6.92 Å². The van der Waals surface area contributed by atoms with Gasteiger partial charge in [0.05, 0.1) is 24.9 Å². The summed E-state index contributed by atoms with van der Waals surface area (Å²) in [5, 5.41) is 55.2. The van der Waals surface area contributed by atoms with Crippen LogP contribution in [0.4, 0.5) is 0 Å². The van der Waals surface area contributed by atoms with Gasteiger partial charge in [-0.25, -0.2) is 0 Å². The largest absolute Gasteiger partial charge is 0.461 e. The Morgan fingerprint density at radius 2 is 1.84 bits per heavy atom. The number of hydrogen-bond donors (Lipinski definition) is 5. The van der Waals surface area contributed by atoms with Crippen molar-refractivity contribution in [1.82, 2.24) is 0 Å².